The van der Waals surface area contributed by atoms with Crippen molar-refractivity contribution in [1.29, 1.82) is 0 Å². The van der Waals surface area contributed by atoms with Gasteiger partial charge in [-0.05, 0) is 115 Å². The molecular weight excluding hydrogens is 1110 g/mol. The van der Waals surface area contributed by atoms with Crippen molar-refractivity contribution < 1.29 is 67.5 Å². The number of imide groups is 1. The molecule has 20 nitrogen and oxygen atoms in total. The first-order valence-corrected chi connectivity index (χ1v) is 31.4. The molecule has 2 atom stereocenters. The Hall–Kier alpha value is -5.12. The second kappa shape index (κ2) is 71.6. The molecule has 1 aliphatic rings. The molecule has 0 aromatic heterocycles. The fraction of sp³-hybridized carbons (Fsp3) is 0.761. The molecule has 5 amide bonds. The van der Waals surface area contributed by atoms with Crippen LogP contribution in [0.25, 0.3) is 0 Å². The highest BCUT2D eigenvalue weighted by Gasteiger charge is 2.22. The average molecular weight is 1250 g/mol. The minimum atomic E-state index is -0.977. The van der Waals surface area contributed by atoms with Crippen LogP contribution < -0.4 is 27.0 Å². The number of hydrogen-bond acceptors (Lipinski definition) is 15. The van der Waals surface area contributed by atoms with Crippen LogP contribution in [0.4, 0.5) is 0 Å². The van der Waals surface area contributed by atoms with Crippen LogP contribution in [0.15, 0.2) is 48.1 Å². The van der Waals surface area contributed by atoms with Crippen molar-refractivity contribution in [2.45, 2.75) is 234 Å². The molecule has 1 aliphatic carbocycles. The topological polar surface area (TPSA) is 291 Å². The van der Waals surface area contributed by atoms with Crippen molar-refractivity contribution >= 4 is 49.3 Å². The van der Waals surface area contributed by atoms with Crippen molar-refractivity contribution in [2.75, 3.05) is 72.7 Å². The van der Waals surface area contributed by atoms with Gasteiger partial charge >= 0.3 is 11.9 Å². The summed E-state index contributed by atoms with van der Waals surface area (Å²) in [5.74, 6) is -0.381. The highest BCUT2D eigenvalue weighted by Crippen LogP contribution is 2.27. The molecule has 0 heterocycles. The number of amides is 5. The summed E-state index contributed by atoms with van der Waals surface area (Å²) >= 11 is 0. The van der Waals surface area contributed by atoms with Crippen LogP contribution in [-0.2, 0) is 57.3 Å². The normalized spacial score (nSPS) is 14.1. The maximum atomic E-state index is 11.8. The molecule has 1 saturated carbocycles. The number of nitrogens with one attached hydrogen (secondary N) is 4. The number of esters is 1. The van der Waals surface area contributed by atoms with Crippen molar-refractivity contribution in [3.05, 3.63) is 48.1 Å². The van der Waals surface area contributed by atoms with E-state index in [1.54, 1.807) is 20.8 Å². The number of carbonyl (C=O) groups is 8. The number of aldehydes is 1. The first-order chi connectivity index (χ1) is 40.8. The van der Waals surface area contributed by atoms with Gasteiger partial charge in [-0.1, -0.05) is 184 Å². The van der Waals surface area contributed by atoms with Crippen molar-refractivity contribution in [2.24, 2.45) is 34.3 Å². The third-order valence-electron chi connectivity index (χ3n) is 10.1. The van der Waals surface area contributed by atoms with Gasteiger partial charge in [0, 0.05) is 25.6 Å². The number of aliphatic hydroxyl groups is 1. The number of carbonyl (C=O) groups excluding carboxylic acids is 7. The third kappa shape index (κ3) is 103. The molecule has 0 aliphatic heterocycles. The number of hydrogen-bond donors (Lipinski definition) is 7. The van der Waals surface area contributed by atoms with E-state index in [1.807, 2.05) is 46.8 Å². The quantitative estimate of drug-likeness (QED) is 0.00823. The van der Waals surface area contributed by atoms with E-state index in [2.05, 4.69) is 142 Å². The Labute approximate surface area is 530 Å². The van der Waals surface area contributed by atoms with E-state index in [0.717, 1.165) is 62.5 Å². The number of unbranched alkanes of at least 4 members (excludes halogenated alkanes) is 3. The summed E-state index contributed by atoms with van der Waals surface area (Å²) in [5, 5.41) is 26.3. The van der Waals surface area contributed by atoms with Crippen LogP contribution in [0.5, 0.6) is 0 Å². The fourth-order valence-corrected chi connectivity index (χ4v) is 5.72. The van der Waals surface area contributed by atoms with E-state index in [0.29, 0.717) is 74.1 Å². The van der Waals surface area contributed by atoms with Gasteiger partial charge < -0.3 is 55.6 Å². The predicted octanol–water partition coefficient (Wildman–Crippen LogP) is 11.4. The van der Waals surface area contributed by atoms with Gasteiger partial charge in [-0.15, -0.1) is 0 Å². The lowest BCUT2D eigenvalue weighted by Crippen LogP contribution is -2.37. The van der Waals surface area contributed by atoms with Gasteiger partial charge in [-0.3, -0.25) is 39.0 Å². The van der Waals surface area contributed by atoms with Gasteiger partial charge in [0.25, 0.3) is 6.47 Å². The minimum absolute atomic E-state index is 0.0321. The summed E-state index contributed by atoms with van der Waals surface area (Å²) in [5.41, 5.74) is 6.84. The van der Waals surface area contributed by atoms with Gasteiger partial charge in [0.15, 0.2) is 0 Å². The van der Waals surface area contributed by atoms with Crippen LogP contribution in [-0.4, -0.2) is 149 Å². The minimum Gasteiger partial charge on any atom is -0.483 e. The lowest BCUT2D eigenvalue weighted by Gasteiger charge is -2.26. The summed E-state index contributed by atoms with van der Waals surface area (Å²) in [6.07, 6.45) is 29.1. The molecule has 0 saturated heterocycles. The Morgan fingerprint density at radius 3 is 1.70 bits per heavy atom. The average Bonchev–Trinajstić information content (AvgIpc) is 3.50. The van der Waals surface area contributed by atoms with Crippen LogP contribution >= 0.6 is 0 Å². The summed E-state index contributed by atoms with van der Waals surface area (Å²) in [6, 6.07) is 0.291. The number of carboxylic acid groups (broad SMARTS) is 1. The number of aliphatic hydroxyl groups excluding tert-OH is 1. The highest BCUT2D eigenvalue weighted by atomic mass is 16.6. The molecule has 514 valence electrons. The molecule has 0 aromatic carbocycles. The van der Waals surface area contributed by atoms with Gasteiger partial charge in [0.1, 0.15) is 25.2 Å². The first kappa shape index (κ1) is 98.1. The lowest BCUT2D eigenvalue weighted by atomic mass is 9.83. The third-order valence-corrected chi connectivity index (χ3v) is 10.1. The molecule has 1 fully saturated rings. The Morgan fingerprint density at radius 2 is 1.26 bits per heavy atom. The van der Waals surface area contributed by atoms with Crippen LogP contribution in [0.1, 0.15) is 222 Å². The highest BCUT2D eigenvalue weighted by molar-refractivity contribution is 6.32. The smallest absolute Gasteiger partial charge is 0.397 e. The van der Waals surface area contributed by atoms with Crippen LogP contribution in [0.3, 0.4) is 0 Å². The molecule has 87 heavy (non-hydrogen) atoms. The van der Waals surface area contributed by atoms with Crippen molar-refractivity contribution in [3.8, 4) is 0 Å². The molecule has 0 radical (unpaired) electrons. The molecule has 1 unspecified atom stereocenters. The molecular formula is C67H132N6O14. The number of nitrogens with two attached hydrogens (primary N) is 1. The van der Waals surface area contributed by atoms with Gasteiger partial charge in [0.2, 0.25) is 24.6 Å². The summed E-state index contributed by atoms with van der Waals surface area (Å²) in [6.45, 7) is 46.4. The Morgan fingerprint density at radius 1 is 0.736 bits per heavy atom. The van der Waals surface area contributed by atoms with Gasteiger partial charge in [-0.25, -0.2) is 4.79 Å². The zero-order valence-corrected chi connectivity index (χ0v) is 58.7. The maximum absolute atomic E-state index is 11.8. The van der Waals surface area contributed by atoms with E-state index in [1.165, 1.54) is 44.1 Å². The largest absolute Gasteiger partial charge is 0.483 e. The zero-order valence-electron chi connectivity index (χ0n) is 58.7. The summed E-state index contributed by atoms with van der Waals surface area (Å²) < 4.78 is 20.6. The number of ether oxygens (including phenoxy) is 4. The predicted molar refractivity (Wildman–Crippen MR) is 357 cm³/mol. The molecule has 0 spiro atoms. The van der Waals surface area contributed by atoms with Gasteiger partial charge in [0.05, 0.1) is 39.7 Å². The Kier molecular flexibility index (Phi) is 80.8. The fourth-order valence-electron chi connectivity index (χ4n) is 5.72. The molecule has 1 rings (SSSR count). The number of rotatable bonds is 32. The van der Waals surface area contributed by atoms with Crippen molar-refractivity contribution in [1.82, 2.24) is 26.2 Å². The number of nitrogens with zero attached hydrogens (tertiary/aromatic N) is 1. The zero-order chi connectivity index (χ0) is 69.0. The molecule has 0 aromatic rings. The second-order valence-corrected chi connectivity index (χ2v) is 24.2. The van der Waals surface area contributed by atoms with E-state index in [9.17, 15) is 33.6 Å². The Bertz CT molecular complexity index is 1690. The van der Waals surface area contributed by atoms with Crippen molar-refractivity contribution in [3.63, 3.8) is 0 Å². The molecule has 8 N–H and O–H groups in total. The molecule has 20 heteroatoms. The lowest BCUT2D eigenvalue weighted by molar-refractivity contribution is -0.163. The monoisotopic (exact) mass is 1240 g/mol. The standard InChI is InChI=1S/C20H36N2O6.C16H27NO.C8H13NO4.C6H14N2O.2C5H12.C4H10.C2H6.CH2O2/c1-3-4-20(25)22(15-23)16-28-12-10-26-9-11-27-14-19(24)21-13-18-7-5-17(2)6-8-18;1-5-7-8-9-14(3)10-11-16(6-2)12-15(4)17-13-18;1-8(2,3)13-7(12)6(11)9-4-5-10;7-4-2-1-3-5-8-6-9;2*1-5(2,3)4;1-3-4-2;1-2;2-1-3/h15,17-18H,3-14,16H2,1-2H3,(H,21,24);5-11,14-15,17-18H,12-13H2,1-4H3;5H,4H2,1-3H3,(H,9,11);6H,1-5,7H2,(H,8,9);2*1-4H3;3-4H2,1-2H3;1-2H3;1H,(H,2,3)/b;7-5-,9-8-,11-10-,16-6+;;;;;;;/t;14?,15-;;;;;;;/m.1......./s1. The van der Waals surface area contributed by atoms with Gasteiger partial charge in [-0.2, -0.15) is 0 Å². The Balaban J connectivity index is -0.000000152. The SMILES string of the molecule is C/C=C\C=C/C(C)/C=C\C(=C/C)C[C@@H](C)NCO.CC.CC(C)(C)C.CC(C)(C)C.CC(C)(C)OC(=O)C(=O)NCC=O.CCCC.CCCC(=O)N(C=O)COCCOCCOCC(=O)NCC1CCC(C)CC1.NCCCCCNC=O.O=CO. The molecule has 0 bridgehead atoms. The maximum Gasteiger partial charge on any atom is 0.397 e. The van der Waals surface area contributed by atoms with E-state index < -0.39 is 17.5 Å². The summed E-state index contributed by atoms with van der Waals surface area (Å²) in [4.78, 5) is 84.8. The van der Waals surface area contributed by atoms with Crippen LogP contribution in [0.2, 0.25) is 0 Å². The second-order valence-electron chi connectivity index (χ2n) is 24.2. The van der Waals surface area contributed by atoms with Crippen LogP contribution in [0, 0.1) is 28.6 Å². The first-order valence-electron chi connectivity index (χ1n) is 31.4. The van der Waals surface area contributed by atoms with E-state index >= 15 is 0 Å². The van der Waals surface area contributed by atoms with E-state index in [4.69, 9.17) is 39.7 Å². The number of allylic oxidation sites excluding steroid dienone is 7. The van der Waals surface area contributed by atoms with E-state index in [-0.39, 0.29) is 51.5 Å². The summed E-state index contributed by atoms with van der Waals surface area (Å²) in [7, 11) is 0.